The van der Waals surface area contributed by atoms with Crippen molar-refractivity contribution in [3.8, 4) is 0 Å². The molecule has 3 aromatic rings. The average molecular weight is 588 g/mol. The van der Waals surface area contributed by atoms with E-state index < -0.39 is 54.1 Å². The Morgan fingerprint density at radius 3 is 2.64 bits per heavy atom. The Hall–Kier alpha value is -4.07. The molecule has 0 bridgehead atoms. The molecule has 3 N–H and O–H groups in total. The number of ether oxygens (including phenoxy) is 1. The second-order valence-electron chi connectivity index (χ2n) is 12.0. The van der Waals surface area contributed by atoms with Gasteiger partial charge in [-0.1, -0.05) is 0 Å². The Kier molecular flexibility index (Phi) is 7.68. The monoisotopic (exact) mass is 587 g/mol. The maximum atomic E-state index is 13.5. The van der Waals surface area contributed by atoms with E-state index in [1.165, 1.54) is 45.6 Å². The molecule has 14 heteroatoms. The molecule has 3 aromatic heterocycles. The fraction of sp³-hybridized carbons (Fsp3) is 0.536. The summed E-state index contributed by atoms with van der Waals surface area (Å²) in [7, 11) is 1.48. The highest BCUT2D eigenvalue weighted by molar-refractivity contribution is 6.00. The van der Waals surface area contributed by atoms with Crippen molar-refractivity contribution in [2.45, 2.75) is 89.0 Å². The fourth-order valence-corrected chi connectivity index (χ4v) is 5.25. The molecule has 0 radical (unpaired) electrons. The van der Waals surface area contributed by atoms with Crippen molar-refractivity contribution in [3.05, 3.63) is 46.5 Å². The summed E-state index contributed by atoms with van der Waals surface area (Å²) in [5.74, 6) is -2.94. The Labute approximate surface area is 240 Å². The van der Waals surface area contributed by atoms with Crippen LogP contribution in [0.2, 0.25) is 0 Å². The first-order valence-corrected chi connectivity index (χ1v) is 13.9. The summed E-state index contributed by atoms with van der Waals surface area (Å²) >= 11 is 0. The number of hydrogen-bond donors (Lipinski definition) is 3. The first-order valence-electron chi connectivity index (χ1n) is 13.9. The van der Waals surface area contributed by atoms with Crippen LogP contribution in [0.1, 0.15) is 75.7 Å². The SMILES string of the molecule is CN(C(=O)OC(C)(C)C)c1cc(Nc2cccn(C3CC(F)(F)C3)c2=O)nc2c(C(=O)NC3CCC[C@H](O)C3)cnn12. The van der Waals surface area contributed by atoms with Gasteiger partial charge < -0.3 is 25.0 Å². The van der Waals surface area contributed by atoms with Crippen LogP contribution in [0.4, 0.5) is 30.9 Å². The zero-order valence-electron chi connectivity index (χ0n) is 23.9. The first kappa shape index (κ1) is 29.4. The van der Waals surface area contributed by atoms with Crippen molar-refractivity contribution < 1.29 is 28.2 Å². The summed E-state index contributed by atoms with van der Waals surface area (Å²) in [6, 6.07) is 3.70. The average Bonchev–Trinajstić information content (AvgIpc) is 3.31. The van der Waals surface area contributed by atoms with Gasteiger partial charge in [0.05, 0.1) is 12.3 Å². The number of nitrogens with one attached hydrogen (secondary N) is 2. The molecule has 0 aliphatic heterocycles. The van der Waals surface area contributed by atoms with Crippen LogP contribution in [0.5, 0.6) is 0 Å². The molecule has 2 fully saturated rings. The predicted octanol–water partition coefficient (Wildman–Crippen LogP) is 4.01. The van der Waals surface area contributed by atoms with Crippen molar-refractivity contribution in [1.29, 1.82) is 0 Å². The van der Waals surface area contributed by atoms with Gasteiger partial charge in [-0.3, -0.25) is 14.5 Å². The van der Waals surface area contributed by atoms with Crippen LogP contribution in [0.25, 0.3) is 5.65 Å². The number of carbonyl (C=O) groups is 2. The number of aliphatic hydroxyl groups excluding tert-OH is 1. The van der Waals surface area contributed by atoms with E-state index >= 15 is 0 Å². The molecular formula is C28H35F2N7O5. The van der Waals surface area contributed by atoms with Gasteiger partial charge in [-0.2, -0.15) is 9.61 Å². The van der Waals surface area contributed by atoms with Gasteiger partial charge in [0.1, 0.15) is 28.5 Å². The van der Waals surface area contributed by atoms with E-state index in [2.05, 4.69) is 20.7 Å². The summed E-state index contributed by atoms with van der Waals surface area (Å²) in [4.78, 5) is 45.2. The zero-order valence-corrected chi connectivity index (χ0v) is 23.9. The van der Waals surface area contributed by atoms with Crippen LogP contribution in [-0.2, 0) is 4.74 Å². The van der Waals surface area contributed by atoms with Gasteiger partial charge in [-0.25, -0.2) is 18.6 Å². The van der Waals surface area contributed by atoms with Crippen LogP contribution >= 0.6 is 0 Å². The van der Waals surface area contributed by atoms with E-state index in [9.17, 15) is 28.3 Å². The number of fused-ring (bicyclic) bond motifs is 1. The predicted molar refractivity (Wildman–Crippen MR) is 151 cm³/mol. The lowest BCUT2D eigenvalue weighted by Gasteiger charge is -2.36. The lowest BCUT2D eigenvalue weighted by atomic mass is 9.88. The minimum atomic E-state index is -2.80. The Bertz CT molecular complexity index is 1560. The molecule has 3 heterocycles. The summed E-state index contributed by atoms with van der Waals surface area (Å²) in [6.45, 7) is 5.18. The molecule has 0 saturated heterocycles. The molecule has 2 saturated carbocycles. The van der Waals surface area contributed by atoms with E-state index in [-0.39, 0.29) is 34.6 Å². The third-order valence-electron chi connectivity index (χ3n) is 7.39. The van der Waals surface area contributed by atoms with E-state index in [0.29, 0.717) is 12.8 Å². The van der Waals surface area contributed by atoms with Crippen molar-refractivity contribution >= 4 is 35.0 Å². The molecule has 0 spiro atoms. The fourth-order valence-electron chi connectivity index (χ4n) is 5.25. The van der Waals surface area contributed by atoms with Crippen molar-refractivity contribution in [3.63, 3.8) is 0 Å². The highest BCUT2D eigenvalue weighted by Crippen LogP contribution is 2.44. The summed E-state index contributed by atoms with van der Waals surface area (Å²) in [6.07, 6.45) is 3.41. The van der Waals surface area contributed by atoms with E-state index in [1.54, 1.807) is 26.8 Å². The second-order valence-corrected chi connectivity index (χ2v) is 12.0. The van der Waals surface area contributed by atoms with Gasteiger partial charge in [0.15, 0.2) is 5.65 Å². The standard InChI is InChI=1S/C28H35F2N7O5/c1-27(2,3)42-26(41)35(4)22-12-21(33-20-9-6-10-36(25(20)40)17-13-28(29,30)14-17)34-23-19(15-31-37(22)23)24(39)32-16-7-5-8-18(38)11-16/h6,9-10,12,15-18,38H,5,7-8,11,13-14H2,1-4H3,(H,32,39)(H,33,34)/t16?,18-/m0/s1. The molecule has 12 nitrogen and oxygen atoms in total. The molecular weight excluding hydrogens is 552 g/mol. The van der Waals surface area contributed by atoms with Crippen LogP contribution in [0.15, 0.2) is 35.4 Å². The first-order chi connectivity index (χ1) is 19.7. The minimum Gasteiger partial charge on any atom is -0.443 e. The van der Waals surface area contributed by atoms with Gasteiger partial charge in [0.2, 0.25) is 0 Å². The van der Waals surface area contributed by atoms with Crippen LogP contribution in [0, 0.1) is 0 Å². The number of alkyl halides is 2. The normalized spacial score (nSPS) is 20.5. The summed E-state index contributed by atoms with van der Waals surface area (Å²) < 4.78 is 35.1. The number of rotatable bonds is 6. The zero-order chi connectivity index (χ0) is 30.4. The third-order valence-corrected chi connectivity index (χ3v) is 7.39. The molecule has 2 aliphatic carbocycles. The molecule has 2 atom stereocenters. The van der Waals surface area contributed by atoms with E-state index in [4.69, 9.17) is 4.74 Å². The van der Waals surface area contributed by atoms with E-state index in [0.717, 1.165) is 12.8 Å². The highest BCUT2D eigenvalue weighted by atomic mass is 19.3. The number of hydrogen-bond acceptors (Lipinski definition) is 8. The largest absolute Gasteiger partial charge is 0.443 e. The Balaban J connectivity index is 1.51. The summed E-state index contributed by atoms with van der Waals surface area (Å²) in [5, 5.41) is 20.2. The number of pyridine rings is 1. The minimum absolute atomic E-state index is 0.0807. The van der Waals surface area contributed by atoms with Gasteiger partial charge >= 0.3 is 6.09 Å². The van der Waals surface area contributed by atoms with Gasteiger partial charge in [-0.15, -0.1) is 0 Å². The molecule has 42 heavy (non-hydrogen) atoms. The number of halogens is 2. The van der Waals surface area contributed by atoms with Crippen LogP contribution < -0.4 is 21.1 Å². The van der Waals surface area contributed by atoms with Gasteiger partial charge in [0.25, 0.3) is 17.4 Å². The molecule has 1 unspecified atom stereocenters. The lowest BCUT2D eigenvalue weighted by Crippen LogP contribution is -2.41. The molecule has 0 aromatic carbocycles. The summed E-state index contributed by atoms with van der Waals surface area (Å²) in [5.41, 5.74) is -0.985. The molecule has 226 valence electrons. The maximum Gasteiger partial charge on any atom is 0.415 e. The number of carbonyl (C=O) groups excluding carboxylic acids is 2. The van der Waals surface area contributed by atoms with Gasteiger partial charge in [-0.05, 0) is 58.6 Å². The number of anilines is 3. The lowest BCUT2D eigenvalue weighted by molar-refractivity contribution is -0.104. The Morgan fingerprint density at radius 1 is 1.24 bits per heavy atom. The quantitative estimate of drug-likeness (QED) is 0.393. The van der Waals surface area contributed by atoms with Crippen LogP contribution in [-0.4, -0.2) is 67.0 Å². The van der Waals surface area contributed by atoms with Crippen molar-refractivity contribution in [2.75, 3.05) is 17.3 Å². The maximum absolute atomic E-state index is 13.5. The number of aromatic nitrogens is 4. The molecule has 2 amide bonds. The topological polar surface area (TPSA) is 143 Å². The number of nitrogens with zero attached hydrogens (tertiary/aromatic N) is 5. The Morgan fingerprint density at radius 2 is 1.98 bits per heavy atom. The second kappa shape index (κ2) is 11.0. The number of aliphatic hydroxyl groups is 1. The number of amides is 2. The van der Waals surface area contributed by atoms with Gasteiger partial charge in [0, 0.05) is 44.2 Å². The van der Waals surface area contributed by atoms with Crippen molar-refractivity contribution in [2.24, 2.45) is 0 Å². The van der Waals surface area contributed by atoms with E-state index in [1.807, 2.05) is 0 Å². The molecule has 5 rings (SSSR count). The molecule has 2 aliphatic rings. The third kappa shape index (κ3) is 6.22. The highest BCUT2D eigenvalue weighted by Gasteiger charge is 2.46. The smallest absolute Gasteiger partial charge is 0.415 e. The van der Waals surface area contributed by atoms with Crippen LogP contribution in [0.3, 0.4) is 0 Å². The van der Waals surface area contributed by atoms with Crippen molar-refractivity contribution in [1.82, 2.24) is 24.5 Å².